The van der Waals surface area contributed by atoms with E-state index in [0.717, 1.165) is 22.3 Å². The molecule has 0 aliphatic heterocycles. The van der Waals surface area contributed by atoms with Crippen molar-refractivity contribution in [3.8, 4) is 22.5 Å². The third-order valence-electron chi connectivity index (χ3n) is 5.34. The molecule has 0 aliphatic carbocycles. The van der Waals surface area contributed by atoms with Crippen LogP contribution in [0.4, 0.5) is 16.3 Å². The summed E-state index contributed by atoms with van der Waals surface area (Å²) in [5, 5.41) is 10.9. The molecule has 5 rings (SSSR count). The number of aromatic nitrogens is 5. The Morgan fingerprint density at radius 2 is 1.86 bits per heavy atom. The Morgan fingerprint density at radius 3 is 2.64 bits per heavy atom. The van der Waals surface area contributed by atoms with E-state index in [4.69, 9.17) is 14.8 Å². The molecule has 9 nitrogen and oxygen atoms in total. The van der Waals surface area contributed by atoms with Gasteiger partial charge in [0.05, 0.1) is 30.2 Å². The highest BCUT2D eigenvalue weighted by atomic mass is 16.6. The molecule has 5 aromatic rings. The van der Waals surface area contributed by atoms with Crippen molar-refractivity contribution in [1.82, 2.24) is 24.6 Å². The molecule has 0 aliphatic rings. The van der Waals surface area contributed by atoms with E-state index in [1.165, 1.54) is 0 Å². The van der Waals surface area contributed by atoms with Crippen LogP contribution in [0.1, 0.15) is 19.5 Å². The van der Waals surface area contributed by atoms with Crippen molar-refractivity contribution in [1.29, 1.82) is 0 Å². The Balaban J connectivity index is 1.54. The third-order valence-corrected chi connectivity index (χ3v) is 5.34. The minimum Gasteiger partial charge on any atom is -0.447 e. The zero-order valence-corrected chi connectivity index (χ0v) is 19.9. The van der Waals surface area contributed by atoms with E-state index in [2.05, 4.69) is 32.7 Å². The van der Waals surface area contributed by atoms with E-state index < -0.39 is 6.09 Å². The van der Waals surface area contributed by atoms with Gasteiger partial charge < -0.3 is 10.1 Å². The van der Waals surface area contributed by atoms with E-state index in [-0.39, 0.29) is 6.10 Å². The topological polar surface area (TPSA) is 106 Å². The van der Waals surface area contributed by atoms with Gasteiger partial charge in [-0.25, -0.2) is 14.3 Å². The molecule has 2 N–H and O–H groups in total. The van der Waals surface area contributed by atoms with E-state index >= 15 is 0 Å². The molecule has 1 aromatic carbocycles. The average molecular weight is 480 g/mol. The number of carbonyl (C=O) groups excluding carboxylic acids is 1. The van der Waals surface area contributed by atoms with Gasteiger partial charge in [0, 0.05) is 29.7 Å². The summed E-state index contributed by atoms with van der Waals surface area (Å²) in [4.78, 5) is 25.6. The van der Waals surface area contributed by atoms with Gasteiger partial charge in [-0.1, -0.05) is 36.4 Å². The summed E-state index contributed by atoms with van der Waals surface area (Å²) in [7, 11) is 0. The summed E-state index contributed by atoms with van der Waals surface area (Å²) >= 11 is 0. The van der Waals surface area contributed by atoms with Crippen LogP contribution in [0.3, 0.4) is 0 Å². The Bertz CT molecular complexity index is 1480. The lowest BCUT2D eigenvalue weighted by molar-refractivity contribution is 0.130. The Hall–Kier alpha value is -4.79. The van der Waals surface area contributed by atoms with Crippen LogP contribution < -0.4 is 10.6 Å². The average Bonchev–Trinajstić information content (AvgIpc) is 3.32. The van der Waals surface area contributed by atoms with Gasteiger partial charge in [0.25, 0.3) is 0 Å². The van der Waals surface area contributed by atoms with Crippen molar-refractivity contribution >= 4 is 23.1 Å². The number of anilines is 2. The number of pyridine rings is 2. The fraction of sp³-hybridized carbons (Fsp3) is 0.148. The minimum absolute atomic E-state index is 0.229. The molecule has 0 saturated carbocycles. The van der Waals surface area contributed by atoms with E-state index in [0.29, 0.717) is 29.4 Å². The fourth-order valence-corrected chi connectivity index (χ4v) is 3.79. The van der Waals surface area contributed by atoms with Crippen molar-refractivity contribution in [2.24, 2.45) is 0 Å². The molecule has 0 fully saturated rings. The lowest BCUT2D eigenvalue weighted by Crippen LogP contribution is -2.18. The molecule has 36 heavy (non-hydrogen) atoms. The number of carbonyl (C=O) groups is 1. The highest BCUT2D eigenvalue weighted by molar-refractivity contribution is 5.89. The van der Waals surface area contributed by atoms with Crippen LogP contribution in [-0.2, 0) is 11.3 Å². The van der Waals surface area contributed by atoms with E-state index in [1.807, 2.05) is 48.7 Å². The molecule has 4 heterocycles. The molecule has 0 unspecified atom stereocenters. The first kappa shape index (κ1) is 23.0. The maximum absolute atomic E-state index is 12.0. The van der Waals surface area contributed by atoms with Gasteiger partial charge in [-0.2, -0.15) is 0 Å². The molecule has 0 radical (unpaired) electrons. The highest BCUT2D eigenvalue weighted by Crippen LogP contribution is 2.31. The van der Waals surface area contributed by atoms with E-state index in [9.17, 15) is 4.79 Å². The van der Waals surface area contributed by atoms with Crippen LogP contribution in [0.25, 0.3) is 28.0 Å². The van der Waals surface area contributed by atoms with Crippen LogP contribution in [-0.4, -0.2) is 36.8 Å². The SMILES string of the molecule is CC(C)OC(=O)Nc1cncc(-c2nc(NCc3ccccn3)c3c(-c4ccccc4)ccn3n2)c1. The summed E-state index contributed by atoms with van der Waals surface area (Å²) in [6.07, 6.45) is 6.10. The van der Waals surface area contributed by atoms with Crippen molar-refractivity contribution in [3.05, 3.63) is 91.1 Å². The second-order valence-corrected chi connectivity index (χ2v) is 8.39. The first-order valence-corrected chi connectivity index (χ1v) is 11.6. The van der Waals surface area contributed by atoms with Gasteiger partial charge in [-0.15, -0.1) is 5.10 Å². The number of nitrogens with one attached hydrogen (secondary N) is 2. The fourth-order valence-electron chi connectivity index (χ4n) is 3.79. The zero-order valence-electron chi connectivity index (χ0n) is 19.9. The second-order valence-electron chi connectivity index (χ2n) is 8.39. The number of hydrogen-bond acceptors (Lipinski definition) is 7. The van der Waals surface area contributed by atoms with Gasteiger partial charge >= 0.3 is 6.09 Å². The summed E-state index contributed by atoms with van der Waals surface area (Å²) in [5.74, 6) is 1.11. The van der Waals surface area contributed by atoms with Crippen LogP contribution in [0.5, 0.6) is 0 Å². The number of amides is 1. The molecule has 9 heteroatoms. The quantitative estimate of drug-likeness (QED) is 0.321. The van der Waals surface area contributed by atoms with Crippen LogP contribution >= 0.6 is 0 Å². The Labute approximate surface area is 208 Å². The minimum atomic E-state index is -0.545. The van der Waals surface area contributed by atoms with Crippen molar-refractivity contribution in [2.45, 2.75) is 26.5 Å². The molecule has 0 spiro atoms. The van der Waals surface area contributed by atoms with Gasteiger partial charge in [0.1, 0.15) is 5.52 Å². The first-order valence-electron chi connectivity index (χ1n) is 11.6. The van der Waals surface area contributed by atoms with Crippen molar-refractivity contribution < 1.29 is 9.53 Å². The van der Waals surface area contributed by atoms with Gasteiger partial charge in [0.2, 0.25) is 0 Å². The number of nitrogens with zero attached hydrogens (tertiary/aromatic N) is 5. The van der Waals surface area contributed by atoms with Crippen molar-refractivity contribution in [2.75, 3.05) is 10.6 Å². The lowest BCUT2D eigenvalue weighted by Gasteiger charge is -2.12. The summed E-state index contributed by atoms with van der Waals surface area (Å²) < 4.78 is 6.97. The normalized spacial score (nSPS) is 11.0. The van der Waals surface area contributed by atoms with Gasteiger partial charge in [-0.05, 0) is 43.7 Å². The van der Waals surface area contributed by atoms with Gasteiger partial charge in [0.15, 0.2) is 11.6 Å². The Kier molecular flexibility index (Phi) is 6.53. The number of ether oxygens (including phenoxy) is 1. The van der Waals surface area contributed by atoms with Crippen LogP contribution in [0, 0.1) is 0 Å². The molecular formula is C27H25N7O2. The molecule has 180 valence electrons. The molecule has 1 amide bonds. The van der Waals surface area contributed by atoms with Gasteiger partial charge in [-0.3, -0.25) is 15.3 Å². The summed E-state index contributed by atoms with van der Waals surface area (Å²) in [5.41, 5.74) is 4.95. The van der Waals surface area contributed by atoms with Crippen molar-refractivity contribution in [3.63, 3.8) is 0 Å². The monoisotopic (exact) mass is 479 g/mol. The van der Waals surface area contributed by atoms with Crippen LogP contribution in [0.15, 0.2) is 85.5 Å². The third kappa shape index (κ3) is 5.15. The van der Waals surface area contributed by atoms with E-state index in [1.54, 1.807) is 43.0 Å². The number of hydrogen-bond donors (Lipinski definition) is 2. The summed E-state index contributed by atoms with van der Waals surface area (Å²) in [6, 6.07) is 19.7. The van der Waals surface area contributed by atoms with Crippen LogP contribution in [0.2, 0.25) is 0 Å². The molecule has 0 bridgehead atoms. The predicted octanol–water partition coefficient (Wildman–Crippen LogP) is 5.42. The number of benzene rings is 1. The first-order chi connectivity index (χ1) is 17.6. The highest BCUT2D eigenvalue weighted by Gasteiger charge is 2.16. The molecule has 0 atom stereocenters. The maximum Gasteiger partial charge on any atom is 0.411 e. The zero-order chi connectivity index (χ0) is 24.9. The number of fused-ring (bicyclic) bond motifs is 1. The Morgan fingerprint density at radius 1 is 1.03 bits per heavy atom. The second kappa shape index (κ2) is 10.2. The molecule has 4 aromatic heterocycles. The molecular weight excluding hydrogens is 454 g/mol. The molecule has 0 saturated heterocycles. The number of rotatable bonds is 7. The largest absolute Gasteiger partial charge is 0.447 e. The lowest BCUT2D eigenvalue weighted by atomic mass is 10.1. The standard InChI is InChI=1S/C27H25N7O2/c1-18(2)36-27(35)31-22-14-20(15-28-16-22)25-32-26(30-17-21-10-6-7-12-29-21)24-23(11-13-34(24)33-25)19-8-4-3-5-9-19/h3-16,18H,17H2,1-2H3,(H,31,35)(H,30,32,33). The smallest absolute Gasteiger partial charge is 0.411 e. The predicted molar refractivity (Wildman–Crippen MR) is 138 cm³/mol. The summed E-state index contributed by atoms with van der Waals surface area (Å²) in [6.45, 7) is 4.07. The maximum atomic E-state index is 12.0.